The van der Waals surface area contributed by atoms with Crippen molar-refractivity contribution in [1.29, 1.82) is 0 Å². The number of thiophene rings is 1. The third-order valence-electron chi connectivity index (χ3n) is 10.0. The SMILES string of the molecule is CC(C)(C)c1ccc(C(=O)N[C@@H](Cc2ccc(-c3ncc(-c4ccc(OCCC5CCCCC5)cc4)cn3)cc2)C(=O)N2CCC(C(=O)O)C2)s1. The summed E-state index contributed by atoms with van der Waals surface area (Å²) in [5.74, 6) is 0.156. The highest BCUT2D eigenvalue weighted by molar-refractivity contribution is 7.14. The standard InChI is InChI=1S/C41H48N4O5S/c1-41(2,3)36-18-17-35(51-36)38(46)44-34(39(47)45-21-19-31(26-45)40(48)49)23-28-9-11-30(12-10-28)37-42-24-32(25-43-37)29-13-15-33(16-14-29)50-22-20-27-7-5-4-6-8-27/h9-18,24-25,27,31,34H,4-8,19-23,26H2,1-3H3,(H,44,46)(H,48,49)/t31?,34-/m0/s1. The van der Waals surface area contributed by atoms with Gasteiger partial charge in [-0.25, -0.2) is 9.97 Å². The summed E-state index contributed by atoms with van der Waals surface area (Å²) in [5, 5.41) is 12.5. The first kappa shape index (κ1) is 36.2. The van der Waals surface area contributed by atoms with Gasteiger partial charge in [0, 0.05) is 47.9 Å². The highest BCUT2D eigenvalue weighted by Gasteiger charge is 2.35. The quantitative estimate of drug-likeness (QED) is 0.154. The van der Waals surface area contributed by atoms with Crippen molar-refractivity contribution >= 4 is 29.1 Å². The number of hydrogen-bond acceptors (Lipinski definition) is 7. The van der Waals surface area contributed by atoms with E-state index < -0.39 is 17.9 Å². The number of benzene rings is 2. The Bertz CT molecular complexity index is 1790. The molecule has 268 valence electrons. The number of hydrogen-bond donors (Lipinski definition) is 2. The maximum absolute atomic E-state index is 13.7. The lowest BCUT2D eigenvalue weighted by atomic mass is 9.87. The molecule has 1 aliphatic heterocycles. The van der Waals surface area contributed by atoms with Crippen molar-refractivity contribution in [1.82, 2.24) is 20.2 Å². The van der Waals surface area contributed by atoms with Crippen LogP contribution >= 0.6 is 11.3 Å². The Balaban J connectivity index is 1.09. The molecule has 2 fully saturated rings. The van der Waals surface area contributed by atoms with Crippen LogP contribution in [0.15, 0.2) is 73.1 Å². The van der Waals surface area contributed by atoms with E-state index in [4.69, 9.17) is 4.74 Å². The van der Waals surface area contributed by atoms with Crippen LogP contribution in [-0.4, -0.2) is 63.5 Å². The molecule has 1 aliphatic carbocycles. The molecule has 2 atom stereocenters. The normalized spacial score (nSPS) is 17.2. The van der Waals surface area contributed by atoms with Crippen molar-refractivity contribution in [3.05, 3.63) is 88.4 Å². The zero-order chi connectivity index (χ0) is 36.0. The second-order valence-corrected chi connectivity index (χ2v) is 16.0. The first-order chi connectivity index (χ1) is 24.5. The number of nitrogens with one attached hydrogen (secondary N) is 1. The zero-order valence-electron chi connectivity index (χ0n) is 29.8. The number of ether oxygens (including phenoxy) is 1. The lowest BCUT2D eigenvalue weighted by molar-refractivity contribution is -0.141. The molecule has 0 bridgehead atoms. The summed E-state index contributed by atoms with van der Waals surface area (Å²) in [6.45, 7) is 7.52. The van der Waals surface area contributed by atoms with Crippen LogP contribution in [0.5, 0.6) is 5.75 Å². The van der Waals surface area contributed by atoms with Gasteiger partial charge in [0.1, 0.15) is 11.8 Å². The first-order valence-electron chi connectivity index (χ1n) is 18.1. The summed E-state index contributed by atoms with van der Waals surface area (Å²) in [4.78, 5) is 51.1. The fraction of sp³-hybridized carbons (Fsp3) is 0.439. The van der Waals surface area contributed by atoms with Gasteiger partial charge < -0.3 is 20.1 Å². The van der Waals surface area contributed by atoms with Crippen molar-refractivity contribution < 1.29 is 24.2 Å². The van der Waals surface area contributed by atoms with Gasteiger partial charge in [0.05, 0.1) is 17.4 Å². The molecular formula is C41H48N4O5S. The lowest BCUT2D eigenvalue weighted by Crippen LogP contribution is -2.49. The van der Waals surface area contributed by atoms with Gasteiger partial charge in [-0.3, -0.25) is 14.4 Å². The average Bonchev–Trinajstić information content (AvgIpc) is 3.84. The lowest BCUT2D eigenvalue weighted by Gasteiger charge is -2.24. The summed E-state index contributed by atoms with van der Waals surface area (Å²) in [6, 6.07) is 18.6. The third-order valence-corrected chi connectivity index (χ3v) is 11.5. The van der Waals surface area contributed by atoms with E-state index in [1.165, 1.54) is 43.4 Å². The van der Waals surface area contributed by atoms with Gasteiger partial charge in [-0.05, 0) is 59.6 Å². The number of nitrogens with zero attached hydrogens (tertiary/aromatic N) is 3. The number of carboxylic acids is 1. The van der Waals surface area contributed by atoms with E-state index in [1.807, 2.05) is 67.0 Å². The highest BCUT2D eigenvalue weighted by Crippen LogP contribution is 2.30. The number of carboxylic acid groups (broad SMARTS) is 1. The van der Waals surface area contributed by atoms with Crippen molar-refractivity contribution in [2.24, 2.45) is 11.8 Å². The molecule has 6 rings (SSSR count). The molecule has 2 aliphatic rings. The molecule has 1 saturated carbocycles. The van der Waals surface area contributed by atoms with Crippen molar-refractivity contribution in [2.75, 3.05) is 19.7 Å². The van der Waals surface area contributed by atoms with Gasteiger partial charge in [0.15, 0.2) is 5.82 Å². The monoisotopic (exact) mass is 708 g/mol. The largest absolute Gasteiger partial charge is 0.494 e. The number of aliphatic carboxylic acids is 1. The van der Waals surface area contributed by atoms with Gasteiger partial charge in [0.2, 0.25) is 5.91 Å². The number of aromatic nitrogens is 2. The zero-order valence-corrected chi connectivity index (χ0v) is 30.6. The summed E-state index contributed by atoms with van der Waals surface area (Å²) >= 11 is 1.42. The number of carbonyl (C=O) groups is 3. The summed E-state index contributed by atoms with van der Waals surface area (Å²) < 4.78 is 6.02. The summed E-state index contributed by atoms with van der Waals surface area (Å²) in [5.41, 5.74) is 3.51. The van der Waals surface area contributed by atoms with Crippen molar-refractivity contribution in [3.8, 4) is 28.3 Å². The van der Waals surface area contributed by atoms with Crippen LogP contribution in [0.1, 0.15) is 85.8 Å². The van der Waals surface area contributed by atoms with Crippen molar-refractivity contribution in [2.45, 2.75) is 83.6 Å². The van der Waals surface area contributed by atoms with E-state index in [9.17, 15) is 19.5 Å². The molecule has 51 heavy (non-hydrogen) atoms. The molecule has 2 aromatic heterocycles. The van der Waals surface area contributed by atoms with E-state index in [0.29, 0.717) is 23.7 Å². The van der Waals surface area contributed by atoms with Gasteiger partial charge in [0.25, 0.3) is 5.91 Å². The third kappa shape index (κ3) is 9.41. The molecule has 0 radical (unpaired) electrons. The summed E-state index contributed by atoms with van der Waals surface area (Å²) in [6.07, 6.45) is 12.1. The predicted octanol–water partition coefficient (Wildman–Crippen LogP) is 7.79. The minimum atomic E-state index is -0.909. The molecule has 9 nitrogen and oxygen atoms in total. The average molecular weight is 709 g/mol. The van der Waals surface area contributed by atoms with Crippen molar-refractivity contribution in [3.63, 3.8) is 0 Å². The van der Waals surface area contributed by atoms with Gasteiger partial charge in [-0.15, -0.1) is 11.3 Å². The molecule has 2 amide bonds. The summed E-state index contributed by atoms with van der Waals surface area (Å²) in [7, 11) is 0. The van der Waals surface area contributed by atoms with Crippen LogP contribution in [0.25, 0.3) is 22.5 Å². The maximum atomic E-state index is 13.7. The molecule has 0 spiro atoms. The van der Waals surface area contributed by atoms with Crippen LogP contribution in [0, 0.1) is 11.8 Å². The Morgan fingerprint density at radius 2 is 1.59 bits per heavy atom. The van der Waals surface area contributed by atoms with Crippen LogP contribution in [-0.2, 0) is 21.4 Å². The predicted molar refractivity (Wildman–Crippen MR) is 200 cm³/mol. The Kier molecular flexibility index (Phi) is 11.5. The Labute approximate surface area is 304 Å². The van der Waals surface area contributed by atoms with E-state index in [1.54, 1.807) is 11.0 Å². The van der Waals surface area contributed by atoms with E-state index in [-0.39, 0.29) is 30.2 Å². The molecule has 1 saturated heterocycles. The first-order valence-corrected chi connectivity index (χ1v) is 18.9. The minimum Gasteiger partial charge on any atom is -0.494 e. The number of amides is 2. The topological polar surface area (TPSA) is 122 Å². The van der Waals surface area contributed by atoms with E-state index in [0.717, 1.165) is 51.8 Å². The highest BCUT2D eigenvalue weighted by atomic mass is 32.1. The van der Waals surface area contributed by atoms with Gasteiger partial charge >= 0.3 is 5.97 Å². The fourth-order valence-electron chi connectivity index (χ4n) is 6.89. The van der Waals surface area contributed by atoms with E-state index in [2.05, 4.69) is 36.1 Å². The Morgan fingerprint density at radius 3 is 2.22 bits per heavy atom. The number of likely N-dealkylation sites (tertiary alicyclic amines) is 1. The fourth-order valence-corrected chi connectivity index (χ4v) is 7.86. The Morgan fingerprint density at radius 1 is 0.902 bits per heavy atom. The minimum absolute atomic E-state index is 0.0974. The number of carbonyl (C=O) groups excluding carboxylic acids is 2. The van der Waals surface area contributed by atoms with E-state index >= 15 is 0 Å². The molecule has 2 N–H and O–H groups in total. The molecule has 1 unspecified atom stereocenters. The number of rotatable bonds is 12. The smallest absolute Gasteiger partial charge is 0.308 e. The molecule has 2 aromatic carbocycles. The second-order valence-electron chi connectivity index (χ2n) is 14.9. The van der Waals surface area contributed by atoms with Crippen LogP contribution in [0.2, 0.25) is 0 Å². The van der Waals surface area contributed by atoms with Crippen LogP contribution in [0.4, 0.5) is 0 Å². The van der Waals surface area contributed by atoms with Gasteiger partial charge in [-0.1, -0.05) is 89.3 Å². The second kappa shape index (κ2) is 16.2. The molecule has 4 aromatic rings. The Hall–Kier alpha value is -4.57. The van der Waals surface area contributed by atoms with Crippen LogP contribution < -0.4 is 10.1 Å². The molecule has 10 heteroatoms. The maximum Gasteiger partial charge on any atom is 0.308 e. The van der Waals surface area contributed by atoms with Crippen LogP contribution in [0.3, 0.4) is 0 Å². The molecule has 3 heterocycles. The molecular weight excluding hydrogens is 661 g/mol. The van der Waals surface area contributed by atoms with Gasteiger partial charge in [-0.2, -0.15) is 0 Å².